The number of nitrogens with one attached hydrogen (secondary N) is 2. The highest BCUT2D eigenvalue weighted by molar-refractivity contribution is 5.97. The van der Waals surface area contributed by atoms with E-state index in [0.29, 0.717) is 12.1 Å². The first-order valence-electron chi connectivity index (χ1n) is 7.06. The third-order valence-electron chi connectivity index (χ3n) is 3.97. The van der Waals surface area contributed by atoms with Crippen molar-refractivity contribution in [3.05, 3.63) is 18.0 Å². The van der Waals surface area contributed by atoms with Crippen molar-refractivity contribution in [1.29, 1.82) is 0 Å². The van der Waals surface area contributed by atoms with Crippen molar-refractivity contribution in [3.63, 3.8) is 0 Å². The number of piperazine rings is 1. The highest BCUT2D eigenvalue weighted by atomic mass is 16.2. The first-order chi connectivity index (χ1) is 9.77. The summed E-state index contributed by atoms with van der Waals surface area (Å²) in [7, 11) is 0. The number of amides is 2. The lowest BCUT2D eigenvalue weighted by atomic mass is 10.1. The predicted molar refractivity (Wildman–Crippen MR) is 72.1 cm³/mol. The third-order valence-corrected chi connectivity index (χ3v) is 3.97. The Balaban J connectivity index is 1.71. The molecule has 0 aromatic carbocycles. The maximum Gasteiger partial charge on any atom is 0.257 e. The van der Waals surface area contributed by atoms with Crippen LogP contribution >= 0.6 is 0 Å². The molecule has 3 rings (SSSR count). The van der Waals surface area contributed by atoms with Crippen molar-refractivity contribution >= 4 is 11.8 Å². The zero-order valence-corrected chi connectivity index (χ0v) is 11.3. The zero-order chi connectivity index (χ0) is 13.9. The molecule has 7 heteroatoms. The van der Waals surface area contributed by atoms with Crippen LogP contribution in [0.15, 0.2) is 12.4 Å². The fraction of sp³-hybridized carbons (Fsp3) is 0.615. The molecular formula is C13H19N5O2. The normalized spacial score (nSPS) is 23.1. The molecule has 1 unspecified atom stereocenters. The molecule has 2 amide bonds. The van der Waals surface area contributed by atoms with E-state index in [9.17, 15) is 9.59 Å². The Morgan fingerprint density at radius 2 is 2.05 bits per heavy atom. The van der Waals surface area contributed by atoms with Gasteiger partial charge in [-0.1, -0.05) is 0 Å². The number of carbonyl (C=O) groups is 2. The minimum Gasteiger partial charge on any atom is -0.338 e. The van der Waals surface area contributed by atoms with Gasteiger partial charge in [0.25, 0.3) is 5.91 Å². The molecule has 3 heterocycles. The number of hydrogen-bond acceptors (Lipinski definition) is 4. The highest BCUT2D eigenvalue weighted by Crippen LogP contribution is 2.21. The van der Waals surface area contributed by atoms with Crippen LogP contribution in [0.5, 0.6) is 0 Å². The molecule has 1 aromatic rings. The van der Waals surface area contributed by atoms with Crippen LogP contribution in [0.2, 0.25) is 0 Å². The van der Waals surface area contributed by atoms with Crippen LogP contribution in [-0.2, 0) is 4.79 Å². The van der Waals surface area contributed by atoms with E-state index in [0.717, 1.165) is 39.0 Å². The lowest BCUT2D eigenvalue weighted by Crippen LogP contribution is -2.53. The van der Waals surface area contributed by atoms with Gasteiger partial charge in [-0.3, -0.25) is 14.7 Å². The van der Waals surface area contributed by atoms with Gasteiger partial charge in [0, 0.05) is 38.9 Å². The van der Waals surface area contributed by atoms with Crippen LogP contribution in [-0.4, -0.2) is 70.6 Å². The van der Waals surface area contributed by atoms with E-state index in [4.69, 9.17) is 0 Å². The first-order valence-corrected chi connectivity index (χ1v) is 7.06. The molecule has 0 spiro atoms. The maximum atomic E-state index is 12.6. The number of aromatic amines is 1. The van der Waals surface area contributed by atoms with Crippen molar-refractivity contribution in [2.24, 2.45) is 0 Å². The second kappa shape index (κ2) is 5.62. The van der Waals surface area contributed by atoms with Gasteiger partial charge in [-0.2, -0.15) is 5.10 Å². The van der Waals surface area contributed by atoms with Crippen LogP contribution in [0.3, 0.4) is 0 Å². The van der Waals surface area contributed by atoms with Crippen LogP contribution in [0.1, 0.15) is 23.2 Å². The molecule has 7 nitrogen and oxygen atoms in total. The van der Waals surface area contributed by atoms with Gasteiger partial charge in [0.2, 0.25) is 5.91 Å². The quantitative estimate of drug-likeness (QED) is 0.760. The number of aromatic nitrogens is 2. The Kier molecular flexibility index (Phi) is 3.68. The fourth-order valence-corrected chi connectivity index (χ4v) is 2.90. The summed E-state index contributed by atoms with van der Waals surface area (Å²) >= 11 is 0. The van der Waals surface area contributed by atoms with Crippen LogP contribution < -0.4 is 5.32 Å². The average molecular weight is 277 g/mol. The molecule has 2 fully saturated rings. The fourth-order valence-electron chi connectivity index (χ4n) is 2.90. The summed E-state index contributed by atoms with van der Waals surface area (Å²) in [4.78, 5) is 28.5. The van der Waals surface area contributed by atoms with Crippen molar-refractivity contribution in [3.8, 4) is 0 Å². The monoisotopic (exact) mass is 277 g/mol. The van der Waals surface area contributed by atoms with E-state index in [1.54, 1.807) is 11.1 Å². The second-order valence-corrected chi connectivity index (χ2v) is 5.22. The lowest BCUT2D eigenvalue weighted by Gasteiger charge is -2.32. The summed E-state index contributed by atoms with van der Waals surface area (Å²) in [5.41, 5.74) is 0.519. The molecule has 0 saturated carbocycles. The average Bonchev–Trinajstić information content (AvgIpc) is 3.18. The standard InChI is InChI=1S/C13H19N5O2/c19-12(10-8-15-16-9-10)18-5-1-2-11(18)13(20)17-6-3-14-4-7-17/h8-9,11,14H,1-7H2,(H,15,16). The van der Waals surface area contributed by atoms with Gasteiger partial charge >= 0.3 is 0 Å². The minimum atomic E-state index is -0.310. The second-order valence-electron chi connectivity index (χ2n) is 5.22. The summed E-state index contributed by atoms with van der Waals surface area (Å²) in [5, 5.41) is 9.67. The molecule has 0 aliphatic carbocycles. The molecule has 2 saturated heterocycles. The highest BCUT2D eigenvalue weighted by Gasteiger charge is 2.37. The topological polar surface area (TPSA) is 81.3 Å². The summed E-state index contributed by atoms with van der Waals surface area (Å²) in [5.74, 6) is -0.0226. The number of rotatable bonds is 2. The van der Waals surface area contributed by atoms with Gasteiger partial charge in [0.1, 0.15) is 6.04 Å². The number of likely N-dealkylation sites (tertiary alicyclic amines) is 1. The van der Waals surface area contributed by atoms with Gasteiger partial charge < -0.3 is 15.1 Å². The number of H-pyrrole nitrogens is 1. The summed E-state index contributed by atoms with van der Waals surface area (Å²) < 4.78 is 0. The molecule has 1 atom stereocenters. The molecule has 20 heavy (non-hydrogen) atoms. The Labute approximate surface area is 117 Å². The smallest absolute Gasteiger partial charge is 0.257 e. The molecule has 2 N–H and O–H groups in total. The van der Waals surface area contributed by atoms with E-state index in [1.165, 1.54) is 6.20 Å². The van der Waals surface area contributed by atoms with E-state index >= 15 is 0 Å². The van der Waals surface area contributed by atoms with E-state index in [-0.39, 0.29) is 17.9 Å². The number of nitrogens with zero attached hydrogens (tertiary/aromatic N) is 3. The Hall–Kier alpha value is -1.89. The molecular weight excluding hydrogens is 258 g/mol. The van der Waals surface area contributed by atoms with E-state index < -0.39 is 0 Å². The SMILES string of the molecule is O=C(C1CCCN1C(=O)c1cn[nH]c1)N1CCNCC1. The Morgan fingerprint density at radius 1 is 1.25 bits per heavy atom. The molecule has 2 aliphatic rings. The summed E-state index contributed by atoms with van der Waals surface area (Å²) in [6, 6.07) is -0.310. The zero-order valence-electron chi connectivity index (χ0n) is 11.3. The lowest BCUT2D eigenvalue weighted by molar-refractivity contribution is -0.135. The molecule has 0 bridgehead atoms. The molecule has 108 valence electrons. The first kappa shape index (κ1) is 13.1. The number of hydrogen-bond donors (Lipinski definition) is 2. The van der Waals surface area contributed by atoms with Crippen molar-refractivity contribution in [2.75, 3.05) is 32.7 Å². The number of carbonyl (C=O) groups excluding carboxylic acids is 2. The van der Waals surface area contributed by atoms with Crippen molar-refractivity contribution < 1.29 is 9.59 Å². The Morgan fingerprint density at radius 3 is 2.75 bits per heavy atom. The van der Waals surface area contributed by atoms with E-state index in [2.05, 4.69) is 15.5 Å². The van der Waals surface area contributed by atoms with Crippen LogP contribution in [0.4, 0.5) is 0 Å². The van der Waals surface area contributed by atoms with Gasteiger partial charge in [0.05, 0.1) is 11.8 Å². The van der Waals surface area contributed by atoms with Gasteiger partial charge in [-0.05, 0) is 12.8 Å². The molecule has 2 aliphatic heterocycles. The van der Waals surface area contributed by atoms with Crippen molar-refractivity contribution in [2.45, 2.75) is 18.9 Å². The maximum absolute atomic E-state index is 12.6. The largest absolute Gasteiger partial charge is 0.338 e. The van der Waals surface area contributed by atoms with Gasteiger partial charge in [-0.25, -0.2) is 0 Å². The van der Waals surface area contributed by atoms with Crippen LogP contribution in [0.25, 0.3) is 0 Å². The summed E-state index contributed by atoms with van der Waals surface area (Å²) in [6.45, 7) is 3.75. The van der Waals surface area contributed by atoms with Gasteiger partial charge in [-0.15, -0.1) is 0 Å². The summed E-state index contributed by atoms with van der Waals surface area (Å²) in [6.07, 6.45) is 4.72. The van der Waals surface area contributed by atoms with Crippen molar-refractivity contribution in [1.82, 2.24) is 25.3 Å². The minimum absolute atomic E-state index is 0.0841. The van der Waals surface area contributed by atoms with E-state index in [1.807, 2.05) is 4.90 Å². The molecule has 1 aromatic heterocycles. The van der Waals surface area contributed by atoms with Gasteiger partial charge in [0.15, 0.2) is 0 Å². The third kappa shape index (κ3) is 2.40. The predicted octanol–water partition coefficient (Wildman–Crippen LogP) is -0.554. The van der Waals surface area contributed by atoms with Crippen LogP contribution in [0, 0.1) is 0 Å². The molecule has 0 radical (unpaired) electrons. The Bertz CT molecular complexity index is 481.